The molecule has 0 N–H and O–H groups in total. The van der Waals surface area contributed by atoms with Crippen molar-refractivity contribution >= 4 is 22.0 Å². The second kappa shape index (κ2) is 17.8. The first kappa shape index (κ1) is 25.4. The molecule has 25 heavy (non-hydrogen) atoms. The molecule has 0 radical (unpaired) electrons. The van der Waals surface area contributed by atoms with Gasteiger partial charge in [-0.15, -0.1) is 15.3 Å². The van der Waals surface area contributed by atoms with Crippen LogP contribution in [-0.2, 0) is 4.74 Å². The van der Waals surface area contributed by atoms with Crippen LogP contribution in [0, 0.1) is 0 Å². The van der Waals surface area contributed by atoms with Crippen molar-refractivity contribution in [2.24, 2.45) is 0 Å². The summed E-state index contributed by atoms with van der Waals surface area (Å²) in [5.74, 6) is 0. The standard InChI is InChI=1S/C22H45BrOSi/c1-22(2)21-24-19-17-15-13-11-9-7-5-6-8-10-12-14-16-18-20-25(3,4)23/h1,5-21H2,2-4H3. The Morgan fingerprint density at radius 1 is 0.720 bits per heavy atom. The van der Waals surface area contributed by atoms with Crippen molar-refractivity contribution < 1.29 is 4.74 Å². The molecule has 0 saturated carbocycles. The lowest BCUT2D eigenvalue weighted by molar-refractivity contribution is 0.151. The smallest absolute Gasteiger partial charge is 0.124 e. The van der Waals surface area contributed by atoms with Crippen molar-refractivity contribution in [1.29, 1.82) is 0 Å². The molecule has 0 heterocycles. The maximum Gasteiger partial charge on any atom is 0.124 e. The first-order valence-corrected chi connectivity index (χ1v) is 16.3. The Kier molecular flexibility index (Phi) is 18.1. The summed E-state index contributed by atoms with van der Waals surface area (Å²) in [5, 5.41) is 0. The van der Waals surface area contributed by atoms with Gasteiger partial charge in [-0.05, 0) is 19.4 Å². The van der Waals surface area contributed by atoms with Gasteiger partial charge < -0.3 is 4.74 Å². The molecule has 0 fully saturated rings. The minimum atomic E-state index is -0.967. The molecule has 0 bridgehead atoms. The highest BCUT2D eigenvalue weighted by molar-refractivity contribution is 9.26. The summed E-state index contributed by atoms with van der Waals surface area (Å²) in [6, 6.07) is 1.44. The lowest BCUT2D eigenvalue weighted by Gasteiger charge is -2.12. The number of halogens is 1. The van der Waals surface area contributed by atoms with Crippen molar-refractivity contribution in [3.05, 3.63) is 12.2 Å². The van der Waals surface area contributed by atoms with E-state index in [2.05, 4.69) is 35.0 Å². The molecule has 0 aliphatic heterocycles. The van der Waals surface area contributed by atoms with Gasteiger partial charge in [0.25, 0.3) is 0 Å². The molecule has 150 valence electrons. The minimum absolute atomic E-state index is 0.733. The van der Waals surface area contributed by atoms with E-state index in [-0.39, 0.29) is 0 Å². The van der Waals surface area contributed by atoms with Gasteiger partial charge in [0.2, 0.25) is 0 Å². The summed E-state index contributed by atoms with van der Waals surface area (Å²) in [4.78, 5) is 0. The van der Waals surface area contributed by atoms with Crippen LogP contribution in [0.4, 0.5) is 0 Å². The van der Waals surface area contributed by atoms with E-state index in [0.717, 1.165) is 18.8 Å². The predicted octanol–water partition coefficient (Wildman–Crippen LogP) is 8.64. The third-order valence-corrected chi connectivity index (χ3v) is 7.39. The average molecular weight is 434 g/mol. The molecule has 0 aliphatic rings. The van der Waals surface area contributed by atoms with Crippen molar-refractivity contribution in [2.75, 3.05) is 13.2 Å². The lowest BCUT2D eigenvalue weighted by atomic mass is 10.0. The van der Waals surface area contributed by atoms with Gasteiger partial charge in [-0.2, -0.15) is 0 Å². The number of hydrogen-bond acceptors (Lipinski definition) is 1. The van der Waals surface area contributed by atoms with Gasteiger partial charge >= 0.3 is 0 Å². The number of ether oxygens (including phenoxy) is 1. The molecule has 1 nitrogen and oxygen atoms in total. The fourth-order valence-corrected chi connectivity index (χ4v) is 5.05. The second-order valence-electron chi connectivity index (χ2n) is 8.43. The molecule has 0 amide bonds. The Morgan fingerprint density at radius 3 is 1.44 bits per heavy atom. The second-order valence-corrected chi connectivity index (χ2v) is 18.8. The van der Waals surface area contributed by atoms with Gasteiger partial charge in [0, 0.05) is 6.61 Å². The Bertz CT molecular complexity index is 299. The van der Waals surface area contributed by atoms with Crippen molar-refractivity contribution in [3.63, 3.8) is 0 Å². The molecule has 3 heteroatoms. The first-order chi connectivity index (χ1) is 11.9. The summed E-state index contributed by atoms with van der Waals surface area (Å²) in [6.07, 6.45) is 19.8. The molecule has 0 aromatic rings. The van der Waals surface area contributed by atoms with E-state index >= 15 is 0 Å². The van der Waals surface area contributed by atoms with E-state index in [9.17, 15) is 0 Å². The highest BCUT2D eigenvalue weighted by Gasteiger charge is 2.14. The van der Waals surface area contributed by atoms with E-state index in [1.54, 1.807) is 0 Å². The SMILES string of the molecule is C=C(C)COCCCCCCCCCCCCCCCC[Si](C)(C)Br. The molecule has 0 atom stereocenters. The van der Waals surface area contributed by atoms with Crippen LogP contribution >= 0.6 is 15.3 Å². The Hall–Kier alpha value is 0.397. The van der Waals surface area contributed by atoms with Gasteiger partial charge in [-0.25, -0.2) is 0 Å². The largest absolute Gasteiger partial charge is 0.377 e. The third kappa shape index (κ3) is 24.4. The topological polar surface area (TPSA) is 9.23 Å². The third-order valence-electron chi connectivity index (χ3n) is 4.66. The normalized spacial score (nSPS) is 11.8. The molecule has 0 saturated heterocycles. The molecule has 0 aromatic heterocycles. The van der Waals surface area contributed by atoms with Gasteiger partial charge in [0.15, 0.2) is 0 Å². The van der Waals surface area contributed by atoms with Gasteiger partial charge in [0.05, 0.1) is 6.61 Å². The number of rotatable bonds is 19. The summed E-state index contributed by atoms with van der Waals surface area (Å²) < 4.78 is 5.52. The van der Waals surface area contributed by atoms with E-state index < -0.39 is 6.69 Å². The van der Waals surface area contributed by atoms with Crippen molar-refractivity contribution in [2.45, 2.75) is 116 Å². The van der Waals surface area contributed by atoms with Crippen LogP contribution in [0.2, 0.25) is 19.1 Å². The monoisotopic (exact) mass is 432 g/mol. The Balaban J connectivity index is 3.04. The van der Waals surface area contributed by atoms with Crippen LogP contribution in [0.15, 0.2) is 12.2 Å². The summed E-state index contributed by atoms with van der Waals surface area (Å²) >= 11 is 3.86. The van der Waals surface area contributed by atoms with E-state index in [1.807, 2.05) is 6.92 Å². The van der Waals surface area contributed by atoms with Gasteiger partial charge in [0.1, 0.15) is 6.69 Å². The first-order valence-electron chi connectivity index (χ1n) is 10.8. The highest BCUT2D eigenvalue weighted by Crippen LogP contribution is 2.21. The van der Waals surface area contributed by atoms with Gasteiger partial charge in [-0.3, -0.25) is 0 Å². The van der Waals surface area contributed by atoms with Crippen molar-refractivity contribution in [3.8, 4) is 0 Å². The zero-order chi connectivity index (χ0) is 18.8. The fourth-order valence-electron chi connectivity index (χ4n) is 3.12. The molecule has 0 aliphatic carbocycles. The summed E-state index contributed by atoms with van der Waals surface area (Å²) in [5.41, 5.74) is 1.13. The molecular weight excluding hydrogens is 388 g/mol. The van der Waals surface area contributed by atoms with Crippen LogP contribution in [0.5, 0.6) is 0 Å². The molecule has 0 unspecified atom stereocenters. The van der Waals surface area contributed by atoms with Crippen LogP contribution < -0.4 is 0 Å². The molecule has 0 spiro atoms. The lowest BCUT2D eigenvalue weighted by Crippen LogP contribution is -2.13. The zero-order valence-electron chi connectivity index (χ0n) is 17.5. The maximum absolute atomic E-state index is 5.52. The van der Waals surface area contributed by atoms with Crippen LogP contribution in [0.25, 0.3) is 0 Å². The maximum atomic E-state index is 5.52. The predicted molar refractivity (Wildman–Crippen MR) is 121 cm³/mol. The van der Waals surface area contributed by atoms with Crippen LogP contribution in [-0.4, -0.2) is 19.9 Å². The van der Waals surface area contributed by atoms with E-state index in [0.29, 0.717) is 0 Å². The molecular formula is C22H45BrOSi. The summed E-state index contributed by atoms with van der Waals surface area (Å²) in [7, 11) is 0. The highest BCUT2D eigenvalue weighted by atomic mass is 79.9. The zero-order valence-corrected chi connectivity index (χ0v) is 20.1. The van der Waals surface area contributed by atoms with Crippen LogP contribution in [0.3, 0.4) is 0 Å². The van der Waals surface area contributed by atoms with Crippen LogP contribution in [0.1, 0.15) is 96.8 Å². The van der Waals surface area contributed by atoms with Crippen molar-refractivity contribution in [1.82, 2.24) is 0 Å². The Morgan fingerprint density at radius 2 is 1.08 bits per heavy atom. The average Bonchev–Trinajstić information content (AvgIpc) is 2.52. The minimum Gasteiger partial charge on any atom is -0.377 e. The van der Waals surface area contributed by atoms with Gasteiger partial charge in [-0.1, -0.05) is 109 Å². The molecule has 0 rings (SSSR count). The van der Waals surface area contributed by atoms with E-state index in [1.165, 1.54) is 95.9 Å². The quantitative estimate of drug-likeness (QED) is 0.0857. The fraction of sp³-hybridized carbons (Fsp3) is 0.909. The molecule has 0 aromatic carbocycles. The summed E-state index contributed by atoms with van der Waals surface area (Å²) in [6.45, 7) is 11.4. The Labute approximate surface area is 168 Å². The number of unbranched alkanes of at least 4 members (excludes halogenated alkanes) is 13. The van der Waals surface area contributed by atoms with E-state index in [4.69, 9.17) is 4.74 Å². The number of hydrogen-bond donors (Lipinski definition) is 0.